The number of oxazole rings is 1. The van der Waals surface area contributed by atoms with Gasteiger partial charge in [-0.1, -0.05) is 18.2 Å². The van der Waals surface area contributed by atoms with Crippen LogP contribution in [0, 0.1) is 0 Å². The quantitative estimate of drug-likeness (QED) is 0.605. The van der Waals surface area contributed by atoms with Gasteiger partial charge in [0.05, 0.1) is 12.0 Å². The summed E-state index contributed by atoms with van der Waals surface area (Å²) in [5.74, 6) is 1.09. The Morgan fingerprint density at radius 3 is 2.79 bits per heavy atom. The lowest BCUT2D eigenvalue weighted by Crippen LogP contribution is -2.06. The van der Waals surface area contributed by atoms with E-state index < -0.39 is 0 Å². The topological polar surface area (TPSA) is 61.6 Å². The minimum atomic E-state index is -0.258. The largest absolute Gasteiger partial charge is 0.497 e. The van der Waals surface area contributed by atoms with Gasteiger partial charge in [-0.2, -0.15) is 0 Å². The van der Waals surface area contributed by atoms with Crippen molar-refractivity contribution in [2.24, 2.45) is 0 Å². The first-order valence-corrected chi connectivity index (χ1v) is 8.39. The van der Waals surface area contributed by atoms with Gasteiger partial charge < -0.3 is 13.9 Å². The molecule has 0 aliphatic rings. The SMILES string of the molecule is COc1ccc(CCC(=O)OCc2coc(-c3cccs3)n2)cc1. The first-order chi connectivity index (χ1) is 11.7. The number of hydrogen-bond acceptors (Lipinski definition) is 6. The van der Waals surface area contributed by atoms with Crippen molar-refractivity contribution in [2.75, 3.05) is 7.11 Å². The summed E-state index contributed by atoms with van der Waals surface area (Å²) in [5.41, 5.74) is 1.67. The molecule has 0 atom stereocenters. The van der Waals surface area contributed by atoms with Crippen LogP contribution in [0.3, 0.4) is 0 Å². The van der Waals surface area contributed by atoms with Gasteiger partial charge in [0.1, 0.15) is 24.3 Å². The molecule has 0 saturated carbocycles. The fourth-order valence-electron chi connectivity index (χ4n) is 2.15. The lowest BCUT2D eigenvalue weighted by molar-refractivity contribution is -0.145. The second-order valence-corrected chi connectivity index (χ2v) is 6.08. The van der Waals surface area contributed by atoms with Crippen molar-refractivity contribution in [3.05, 3.63) is 59.3 Å². The van der Waals surface area contributed by atoms with E-state index in [1.165, 1.54) is 6.26 Å². The molecule has 0 fully saturated rings. The Hall–Kier alpha value is -2.60. The average Bonchev–Trinajstić information content (AvgIpc) is 3.29. The maximum absolute atomic E-state index is 11.8. The van der Waals surface area contributed by atoms with E-state index in [1.54, 1.807) is 18.4 Å². The summed E-state index contributed by atoms with van der Waals surface area (Å²) in [6.07, 6.45) is 2.47. The molecule has 0 aliphatic heterocycles. The minimum absolute atomic E-state index is 0.121. The van der Waals surface area contributed by atoms with Gasteiger partial charge >= 0.3 is 5.97 Å². The molecule has 2 aromatic heterocycles. The van der Waals surface area contributed by atoms with E-state index >= 15 is 0 Å². The fourth-order valence-corrected chi connectivity index (χ4v) is 2.81. The Bertz CT molecular complexity index is 778. The van der Waals surface area contributed by atoms with E-state index in [0.29, 0.717) is 24.4 Å². The number of nitrogens with zero attached hydrogens (tertiary/aromatic N) is 1. The molecule has 1 aromatic carbocycles. The second kappa shape index (κ2) is 7.79. The molecule has 0 bridgehead atoms. The number of ether oxygens (including phenoxy) is 2. The standard InChI is InChI=1S/C18H17NO4S/c1-21-15-7-4-13(5-8-15)6-9-17(20)22-11-14-12-23-18(19-14)16-3-2-10-24-16/h2-5,7-8,10,12H,6,9,11H2,1H3. The van der Waals surface area contributed by atoms with Crippen LogP contribution in [0.5, 0.6) is 5.75 Å². The molecular weight excluding hydrogens is 326 g/mol. The Morgan fingerprint density at radius 1 is 1.25 bits per heavy atom. The molecular formula is C18H17NO4S. The molecule has 124 valence electrons. The highest BCUT2D eigenvalue weighted by Gasteiger charge is 2.10. The maximum atomic E-state index is 11.8. The van der Waals surface area contributed by atoms with Gasteiger partial charge in [0.25, 0.3) is 0 Å². The number of rotatable bonds is 7. The van der Waals surface area contributed by atoms with E-state index in [0.717, 1.165) is 16.2 Å². The zero-order valence-corrected chi connectivity index (χ0v) is 14.0. The number of aryl methyl sites for hydroxylation is 1. The highest BCUT2D eigenvalue weighted by atomic mass is 32.1. The molecule has 0 amide bonds. The minimum Gasteiger partial charge on any atom is -0.497 e. The van der Waals surface area contributed by atoms with Crippen LogP contribution in [-0.4, -0.2) is 18.1 Å². The van der Waals surface area contributed by atoms with Crippen LogP contribution < -0.4 is 4.74 Å². The summed E-state index contributed by atoms with van der Waals surface area (Å²) in [6.45, 7) is 0.121. The Balaban J connectivity index is 1.45. The molecule has 6 heteroatoms. The smallest absolute Gasteiger partial charge is 0.306 e. The van der Waals surface area contributed by atoms with Gasteiger partial charge in [-0.25, -0.2) is 4.98 Å². The van der Waals surface area contributed by atoms with E-state index in [2.05, 4.69) is 4.98 Å². The van der Waals surface area contributed by atoms with E-state index in [4.69, 9.17) is 13.9 Å². The zero-order valence-electron chi connectivity index (χ0n) is 13.2. The number of methoxy groups -OCH3 is 1. The second-order valence-electron chi connectivity index (χ2n) is 5.13. The van der Waals surface area contributed by atoms with Gasteiger partial charge in [-0.05, 0) is 35.6 Å². The predicted octanol–water partition coefficient (Wildman–Crippen LogP) is 4.09. The summed E-state index contributed by atoms with van der Waals surface area (Å²) in [6, 6.07) is 11.5. The maximum Gasteiger partial charge on any atom is 0.306 e. The molecule has 0 aliphatic carbocycles. The molecule has 2 heterocycles. The first-order valence-electron chi connectivity index (χ1n) is 7.51. The third kappa shape index (κ3) is 4.23. The van der Waals surface area contributed by atoms with Crippen molar-refractivity contribution in [2.45, 2.75) is 19.4 Å². The van der Waals surface area contributed by atoms with Crippen molar-refractivity contribution in [1.82, 2.24) is 4.98 Å². The van der Waals surface area contributed by atoms with Crippen molar-refractivity contribution in [3.63, 3.8) is 0 Å². The van der Waals surface area contributed by atoms with Crippen molar-refractivity contribution in [3.8, 4) is 16.5 Å². The van der Waals surface area contributed by atoms with Crippen LogP contribution in [0.2, 0.25) is 0 Å². The molecule has 3 rings (SSSR count). The lowest BCUT2D eigenvalue weighted by atomic mass is 10.1. The van der Waals surface area contributed by atoms with E-state index in [-0.39, 0.29) is 12.6 Å². The van der Waals surface area contributed by atoms with Crippen LogP contribution in [0.15, 0.2) is 52.5 Å². The number of esters is 1. The Kier molecular flexibility index (Phi) is 5.28. The molecule has 0 spiro atoms. The average molecular weight is 343 g/mol. The first kappa shape index (κ1) is 16.3. The van der Waals surface area contributed by atoms with Crippen molar-refractivity contribution in [1.29, 1.82) is 0 Å². The summed E-state index contributed by atoms with van der Waals surface area (Å²) >= 11 is 1.55. The number of aromatic nitrogens is 1. The third-order valence-electron chi connectivity index (χ3n) is 3.44. The molecule has 24 heavy (non-hydrogen) atoms. The summed E-state index contributed by atoms with van der Waals surface area (Å²) in [5, 5.41) is 1.96. The molecule has 3 aromatic rings. The van der Waals surface area contributed by atoms with Crippen LogP contribution in [0.4, 0.5) is 0 Å². The molecule has 0 radical (unpaired) electrons. The van der Waals surface area contributed by atoms with Crippen molar-refractivity contribution >= 4 is 17.3 Å². The van der Waals surface area contributed by atoms with Gasteiger partial charge in [-0.15, -0.1) is 11.3 Å². The van der Waals surface area contributed by atoms with Gasteiger partial charge in [0.2, 0.25) is 5.89 Å². The van der Waals surface area contributed by atoms with Crippen LogP contribution in [0.1, 0.15) is 17.7 Å². The van der Waals surface area contributed by atoms with Gasteiger partial charge in [0, 0.05) is 6.42 Å². The molecule has 0 N–H and O–H groups in total. The summed E-state index contributed by atoms with van der Waals surface area (Å²) in [4.78, 5) is 17.1. The lowest BCUT2D eigenvalue weighted by Gasteiger charge is -2.04. The van der Waals surface area contributed by atoms with Crippen LogP contribution in [-0.2, 0) is 22.6 Å². The number of thiophene rings is 1. The third-order valence-corrected chi connectivity index (χ3v) is 4.30. The monoisotopic (exact) mass is 343 g/mol. The summed E-state index contributed by atoms with van der Waals surface area (Å²) in [7, 11) is 1.63. The van der Waals surface area contributed by atoms with Gasteiger partial charge in [0.15, 0.2) is 0 Å². The van der Waals surface area contributed by atoms with E-state index in [9.17, 15) is 4.79 Å². The fraction of sp³-hybridized carbons (Fsp3) is 0.222. The van der Waals surface area contributed by atoms with E-state index in [1.807, 2.05) is 41.8 Å². The number of carbonyl (C=O) groups is 1. The molecule has 0 saturated heterocycles. The summed E-state index contributed by atoms with van der Waals surface area (Å²) < 4.78 is 15.7. The number of benzene rings is 1. The van der Waals surface area contributed by atoms with Gasteiger partial charge in [-0.3, -0.25) is 4.79 Å². The number of carbonyl (C=O) groups excluding carboxylic acids is 1. The zero-order chi connectivity index (χ0) is 16.8. The Labute approximate surface area is 143 Å². The highest BCUT2D eigenvalue weighted by Crippen LogP contribution is 2.23. The predicted molar refractivity (Wildman–Crippen MR) is 90.9 cm³/mol. The highest BCUT2D eigenvalue weighted by molar-refractivity contribution is 7.13. The normalized spacial score (nSPS) is 10.5. The van der Waals surface area contributed by atoms with Crippen LogP contribution in [0.25, 0.3) is 10.8 Å². The number of hydrogen-bond donors (Lipinski definition) is 0. The molecule has 0 unspecified atom stereocenters. The van der Waals surface area contributed by atoms with Crippen LogP contribution >= 0.6 is 11.3 Å². The van der Waals surface area contributed by atoms with Crippen molar-refractivity contribution < 1.29 is 18.7 Å². The molecule has 5 nitrogen and oxygen atoms in total. The Morgan fingerprint density at radius 2 is 2.08 bits per heavy atom.